The number of carbonyl (C=O) groups excluding carboxylic acids is 2. The second-order valence-corrected chi connectivity index (χ2v) is 4.77. The van der Waals surface area contributed by atoms with E-state index in [0.29, 0.717) is 6.42 Å². The van der Waals surface area contributed by atoms with Gasteiger partial charge < -0.3 is 9.47 Å². The van der Waals surface area contributed by atoms with Crippen LogP contribution in [-0.4, -0.2) is 18.7 Å². The zero-order valence-corrected chi connectivity index (χ0v) is 10.7. The Kier molecular flexibility index (Phi) is 6.77. The number of carbonyl (C=O) groups is 2. The summed E-state index contributed by atoms with van der Waals surface area (Å²) in [6.07, 6.45) is 3.28. The van der Waals surface area contributed by atoms with E-state index in [1.807, 2.05) is 0 Å². The average molecular weight is 230 g/mol. The summed E-state index contributed by atoms with van der Waals surface area (Å²) < 4.78 is 9.57. The van der Waals surface area contributed by atoms with Crippen LogP contribution in [0.5, 0.6) is 0 Å². The molecule has 0 saturated heterocycles. The molecule has 0 aliphatic carbocycles. The van der Waals surface area contributed by atoms with Gasteiger partial charge in [-0.15, -0.1) is 0 Å². The van der Waals surface area contributed by atoms with Crippen LogP contribution in [0, 0.1) is 5.41 Å². The van der Waals surface area contributed by atoms with Gasteiger partial charge in [0.2, 0.25) is 6.79 Å². The highest BCUT2D eigenvalue weighted by molar-refractivity contribution is 5.75. The van der Waals surface area contributed by atoms with Gasteiger partial charge in [-0.05, 0) is 27.2 Å². The molecule has 0 saturated carbocycles. The van der Waals surface area contributed by atoms with Crippen LogP contribution in [-0.2, 0) is 19.1 Å². The molecule has 94 valence electrons. The zero-order chi connectivity index (χ0) is 12.6. The molecule has 0 heterocycles. The first-order valence-electron chi connectivity index (χ1n) is 5.70. The predicted molar refractivity (Wildman–Crippen MR) is 60.6 cm³/mol. The van der Waals surface area contributed by atoms with E-state index in [2.05, 4.69) is 6.92 Å². The third kappa shape index (κ3) is 7.26. The molecule has 0 fully saturated rings. The van der Waals surface area contributed by atoms with Crippen molar-refractivity contribution >= 4 is 11.9 Å². The summed E-state index contributed by atoms with van der Waals surface area (Å²) in [5.74, 6) is -0.677. The monoisotopic (exact) mass is 230 g/mol. The van der Waals surface area contributed by atoms with Gasteiger partial charge in [0.1, 0.15) is 0 Å². The van der Waals surface area contributed by atoms with Crippen molar-refractivity contribution in [2.24, 2.45) is 5.41 Å². The van der Waals surface area contributed by atoms with Crippen LogP contribution in [0.4, 0.5) is 0 Å². The third-order valence-corrected chi connectivity index (χ3v) is 2.01. The number of rotatable bonds is 6. The first-order valence-corrected chi connectivity index (χ1v) is 5.70. The predicted octanol–water partition coefficient (Wildman–Crippen LogP) is 2.66. The van der Waals surface area contributed by atoms with Crippen molar-refractivity contribution < 1.29 is 19.1 Å². The maximum atomic E-state index is 11.3. The van der Waals surface area contributed by atoms with Gasteiger partial charge in [0.05, 0.1) is 5.41 Å². The highest BCUT2D eigenvalue weighted by Gasteiger charge is 2.23. The standard InChI is InChI=1S/C12H22O4/c1-5-6-7-8-10(13)15-9-16-11(14)12(2,3)4/h5-9H2,1-4H3. The van der Waals surface area contributed by atoms with Crippen molar-refractivity contribution in [1.29, 1.82) is 0 Å². The Morgan fingerprint density at radius 1 is 1.06 bits per heavy atom. The molecule has 0 aromatic carbocycles. The summed E-state index contributed by atoms with van der Waals surface area (Å²) in [5, 5.41) is 0. The second kappa shape index (κ2) is 7.25. The SMILES string of the molecule is CCCCCC(=O)OCOC(=O)C(C)(C)C. The number of esters is 2. The molecule has 0 aromatic rings. The lowest BCUT2D eigenvalue weighted by Crippen LogP contribution is -2.24. The minimum Gasteiger partial charge on any atom is -0.428 e. The third-order valence-electron chi connectivity index (χ3n) is 2.01. The average Bonchev–Trinajstić information content (AvgIpc) is 2.16. The largest absolute Gasteiger partial charge is 0.428 e. The quantitative estimate of drug-likeness (QED) is 0.400. The fraction of sp³-hybridized carbons (Fsp3) is 0.833. The van der Waals surface area contributed by atoms with Crippen molar-refractivity contribution in [3.8, 4) is 0 Å². The molecule has 0 bridgehead atoms. The summed E-state index contributed by atoms with van der Waals surface area (Å²) in [4.78, 5) is 22.4. The van der Waals surface area contributed by atoms with E-state index in [9.17, 15) is 9.59 Å². The molecule has 4 heteroatoms. The van der Waals surface area contributed by atoms with Gasteiger partial charge in [-0.2, -0.15) is 0 Å². The fourth-order valence-electron chi connectivity index (χ4n) is 0.957. The highest BCUT2D eigenvalue weighted by Crippen LogP contribution is 2.14. The van der Waals surface area contributed by atoms with Crippen LogP contribution in [0.2, 0.25) is 0 Å². The second-order valence-electron chi connectivity index (χ2n) is 4.77. The molecular weight excluding hydrogens is 208 g/mol. The molecule has 0 aliphatic heterocycles. The van der Waals surface area contributed by atoms with Gasteiger partial charge >= 0.3 is 11.9 Å². The number of hydrogen-bond acceptors (Lipinski definition) is 4. The van der Waals surface area contributed by atoms with E-state index in [4.69, 9.17) is 9.47 Å². The molecule has 4 nitrogen and oxygen atoms in total. The normalized spacial score (nSPS) is 11.0. The van der Waals surface area contributed by atoms with Crippen LogP contribution in [0.3, 0.4) is 0 Å². The van der Waals surface area contributed by atoms with E-state index >= 15 is 0 Å². The Balaban J connectivity index is 3.59. The molecule has 0 radical (unpaired) electrons. The molecule has 0 aromatic heterocycles. The lowest BCUT2D eigenvalue weighted by Gasteiger charge is -2.16. The molecule has 0 rings (SSSR count). The lowest BCUT2D eigenvalue weighted by molar-refractivity contribution is -0.173. The van der Waals surface area contributed by atoms with Crippen molar-refractivity contribution in [3.63, 3.8) is 0 Å². The van der Waals surface area contributed by atoms with Gasteiger partial charge in [0, 0.05) is 6.42 Å². The Hall–Kier alpha value is -1.06. The van der Waals surface area contributed by atoms with E-state index in [-0.39, 0.29) is 18.7 Å². The topological polar surface area (TPSA) is 52.6 Å². The number of unbranched alkanes of at least 4 members (excludes halogenated alkanes) is 2. The maximum absolute atomic E-state index is 11.3. The lowest BCUT2D eigenvalue weighted by atomic mass is 9.98. The van der Waals surface area contributed by atoms with Gasteiger partial charge in [-0.1, -0.05) is 19.8 Å². The summed E-state index contributed by atoms with van der Waals surface area (Å²) in [5.41, 5.74) is -0.561. The Bertz CT molecular complexity index is 228. The molecule has 16 heavy (non-hydrogen) atoms. The van der Waals surface area contributed by atoms with Crippen LogP contribution >= 0.6 is 0 Å². The smallest absolute Gasteiger partial charge is 0.314 e. The molecule has 0 N–H and O–H groups in total. The molecule has 0 spiro atoms. The van der Waals surface area contributed by atoms with Gasteiger partial charge in [0.25, 0.3) is 0 Å². The first kappa shape index (κ1) is 14.9. The zero-order valence-electron chi connectivity index (χ0n) is 10.7. The van der Waals surface area contributed by atoms with Crippen LogP contribution < -0.4 is 0 Å². The van der Waals surface area contributed by atoms with Crippen LogP contribution in [0.25, 0.3) is 0 Å². The van der Waals surface area contributed by atoms with Crippen LogP contribution in [0.1, 0.15) is 53.4 Å². The van der Waals surface area contributed by atoms with Gasteiger partial charge in [-0.3, -0.25) is 9.59 Å². The van der Waals surface area contributed by atoms with E-state index in [1.165, 1.54) is 0 Å². The molecule has 0 atom stereocenters. The minimum absolute atomic E-state index is 0.277. The Morgan fingerprint density at radius 2 is 1.69 bits per heavy atom. The fourth-order valence-corrected chi connectivity index (χ4v) is 0.957. The molecular formula is C12H22O4. The Morgan fingerprint density at radius 3 is 2.19 bits per heavy atom. The summed E-state index contributed by atoms with van der Waals surface area (Å²) >= 11 is 0. The molecule has 0 amide bonds. The van der Waals surface area contributed by atoms with Gasteiger partial charge in [-0.25, -0.2) is 0 Å². The first-order chi connectivity index (χ1) is 7.38. The van der Waals surface area contributed by atoms with E-state index in [1.54, 1.807) is 20.8 Å². The van der Waals surface area contributed by atoms with Crippen molar-refractivity contribution in [3.05, 3.63) is 0 Å². The van der Waals surface area contributed by atoms with E-state index < -0.39 is 5.41 Å². The summed E-state index contributed by atoms with van der Waals surface area (Å²) in [7, 11) is 0. The number of hydrogen-bond donors (Lipinski definition) is 0. The Labute approximate surface area is 97.3 Å². The maximum Gasteiger partial charge on any atom is 0.314 e. The minimum atomic E-state index is -0.561. The molecule has 0 unspecified atom stereocenters. The number of ether oxygens (including phenoxy) is 2. The summed E-state index contributed by atoms with van der Waals surface area (Å²) in [6, 6.07) is 0. The highest BCUT2D eigenvalue weighted by atomic mass is 16.7. The van der Waals surface area contributed by atoms with Crippen molar-refractivity contribution in [1.82, 2.24) is 0 Å². The van der Waals surface area contributed by atoms with Crippen molar-refractivity contribution in [2.45, 2.75) is 53.4 Å². The van der Waals surface area contributed by atoms with Crippen molar-refractivity contribution in [2.75, 3.05) is 6.79 Å². The van der Waals surface area contributed by atoms with E-state index in [0.717, 1.165) is 19.3 Å². The summed E-state index contributed by atoms with van der Waals surface area (Å²) in [6.45, 7) is 7.03. The molecule has 0 aliphatic rings. The van der Waals surface area contributed by atoms with Crippen LogP contribution in [0.15, 0.2) is 0 Å². The van der Waals surface area contributed by atoms with Gasteiger partial charge in [0.15, 0.2) is 0 Å².